The third-order valence-corrected chi connectivity index (χ3v) is 5.07. The van der Waals surface area contributed by atoms with Crippen molar-refractivity contribution >= 4 is 17.5 Å². The summed E-state index contributed by atoms with van der Waals surface area (Å²) in [4.78, 5) is 11.2. The Morgan fingerprint density at radius 2 is 2.00 bits per heavy atom. The zero-order chi connectivity index (χ0) is 10.9. The van der Waals surface area contributed by atoms with Crippen LogP contribution in [0.25, 0.3) is 0 Å². The Bertz CT molecular complexity index is 279. The number of Topliss-reactive ketones (excluding diaryl/α,β-unsaturated/α-hetero) is 1. The fraction of sp³-hybridized carbons (Fsp3) is 0.750. The van der Waals surface area contributed by atoms with Crippen LogP contribution >= 0.6 is 11.8 Å². The predicted octanol–water partition coefficient (Wildman–Crippen LogP) is 2.31. The number of thioether (sulfide) groups is 1. The third-order valence-electron chi connectivity index (χ3n) is 3.40. The summed E-state index contributed by atoms with van der Waals surface area (Å²) in [6, 6.07) is 0. The summed E-state index contributed by atoms with van der Waals surface area (Å²) in [5.74, 6) is 0.193. The van der Waals surface area contributed by atoms with Gasteiger partial charge in [-0.05, 0) is 19.8 Å². The van der Waals surface area contributed by atoms with Gasteiger partial charge in [0.05, 0.1) is 16.1 Å². The molecule has 0 amide bonds. The Balaban J connectivity index is 2.01. The van der Waals surface area contributed by atoms with Gasteiger partial charge in [0.2, 0.25) is 0 Å². The summed E-state index contributed by atoms with van der Waals surface area (Å²) >= 11 is 1.61. The van der Waals surface area contributed by atoms with E-state index in [9.17, 15) is 9.90 Å². The fourth-order valence-electron chi connectivity index (χ4n) is 2.44. The Kier molecular flexibility index (Phi) is 3.21. The van der Waals surface area contributed by atoms with Crippen LogP contribution in [0.15, 0.2) is 12.2 Å². The van der Waals surface area contributed by atoms with Crippen molar-refractivity contribution in [2.45, 2.75) is 55.1 Å². The van der Waals surface area contributed by atoms with Gasteiger partial charge in [-0.3, -0.25) is 4.79 Å². The minimum atomic E-state index is -0.552. The number of aliphatic hydroxyl groups is 1. The molecule has 2 rings (SSSR count). The summed E-state index contributed by atoms with van der Waals surface area (Å²) < 4.78 is 0. The van der Waals surface area contributed by atoms with Crippen molar-refractivity contribution in [3.8, 4) is 0 Å². The molecule has 0 spiro atoms. The highest BCUT2D eigenvalue weighted by molar-refractivity contribution is 8.01. The first kappa shape index (κ1) is 11.2. The van der Waals surface area contributed by atoms with Gasteiger partial charge in [-0.15, -0.1) is 11.8 Å². The van der Waals surface area contributed by atoms with E-state index in [2.05, 4.69) is 0 Å². The van der Waals surface area contributed by atoms with Crippen molar-refractivity contribution in [1.82, 2.24) is 0 Å². The lowest BCUT2D eigenvalue weighted by Crippen LogP contribution is -2.40. The second-order valence-corrected chi connectivity index (χ2v) is 5.92. The molecule has 2 nitrogen and oxygen atoms in total. The maximum atomic E-state index is 11.2. The van der Waals surface area contributed by atoms with Crippen molar-refractivity contribution in [1.29, 1.82) is 0 Å². The van der Waals surface area contributed by atoms with E-state index in [1.165, 1.54) is 6.42 Å². The van der Waals surface area contributed by atoms with Gasteiger partial charge in [-0.1, -0.05) is 31.4 Å². The first-order valence-corrected chi connectivity index (χ1v) is 6.63. The molecule has 1 aliphatic heterocycles. The van der Waals surface area contributed by atoms with Crippen LogP contribution in [-0.2, 0) is 4.79 Å². The first-order valence-electron chi connectivity index (χ1n) is 5.68. The molecule has 0 saturated heterocycles. The third kappa shape index (κ3) is 2.28. The summed E-state index contributed by atoms with van der Waals surface area (Å²) in [7, 11) is 0. The molecule has 0 radical (unpaired) electrons. The number of ketones is 1. The van der Waals surface area contributed by atoms with Crippen LogP contribution in [0.1, 0.15) is 39.0 Å². The van der Waals surface area contributed by atoms with Crippen LogP contribution < -0.4 is 0 Å². The zero-order valence-corrected chi connectivity index (χ0v) is 9.93. The van der Waals surface area contributed by atoms with Gasteiger partial charge >= 0.3 is 0 Å². The molecule has 0 aromatic carbocycles. The van der Waals surface area contributed by atoms with Crippen molar-refractivity contribution in [3.05, 3.63) is 12.2 Å². The van der Waals surface area contributed by atoms with E-state index in [-0.39, 0.29) is 16.3 Å². The standard InChI is InChI=1S/C12H18O2S/c1-9(13)10-5-6-11(15-10)12(14)7-3-2-4-8-12/h5-6,10-11,14H,2-4,7-8H2,1H3. The highest BCUT2D eigenvalue weighted by atomic mass is 32.2. The Labute approximate surface area is 95.1 Å². The van der Waals surface area contributed by atoms with Crippen LogP contribution in [-0.4, -0.2) is 27.0 Å². The van der Waals surface area contributed by atoms with Crippen molar-refractivity contribution in [2.75, 3.05) is 0 Å². The molecule has 2 aliphatic rings. The van der Waals surface area contributed by atoms with E-state index in [1.54, 1.807) is 18.7 Å². The van der Waals surface area contributed by atoms with Crippen molar-refractivity contribution in [2.24, 2.45) is 0 Å². The van der Waals surface area contributed by atoms with Gasteiger partial charge in [0.15, 0.2) is 0 Å². The molecule has 2 unspecified atom stereocenters. The van der Waals surface area contributed by atoms with Crippen LogP contribution in [0.5, 0.6) is 0 Å². The highest BCUT2D eigenvalue weighted by Crippen LogP contribution is 2.42. The molecular formula is C12H18O2S. The molecule has 2 atom stereocenters. The summed E-state index contributed by atoms with van der Waals surface area (Å²) in [5, 5.41) is 10.6. The number of carbonyl (C=O) groups is 1. The second kappa shape index (κ2) is 4.30. The maximum Gasteiger partial charge on any atom is 0.146 e. The van der Waals surface area contributed by atoms with Crippen molar-refractivity contribution < 1.29 is 9.90 Å². The lowest BCUT2D eigenvalue weighted by atomic mass is 9.82. The fourth-order valence-corrected chi connectivity index (χ4v) is 3.80. The van der Waals surface area contributed by atoms with E-state index in [0.29, 0.717) is 0 Å². The van der Waals surface area contributed by atoms with Gasteiger partial charge in [0, 0.05) is 0 Å². The molecule has 0 aromatic rings. The predicted molar refractivity (Wildman–Crippen MR) is 63.0 cm³/mol. The Hall–Kier alpha value is -0.280. The van der Waals surface area contributed by atoms with Crippen LogP contribution in [0.2, 0.25) is 0 Å². The van der Waals surface area contributed by atoms with E-state index in [4.69, 9.17) is 0 Å². The van der Waals surface area contributed by atoms with E-state index in [1.807, 2.05) is 12.2 Å². The van der Waals surface area contributed by atoms with Crippen LogP contribution in [0, 0.1) is 0 Å². The van der Waals surface area contributed by atoms with Gasteiger partial charge in [0.25, 0.3) is 0 Å². The molecule has 0 bridgehead atoms. The maximum absolute atomic E-state index is 11.2. The molecule has 1 saturated carbocycles. The Morgan fingerprint density at radius 3 is 2.53 bits per heavy atom. The molecular weight excluding hydrogens is 208 g/mol. The number of hydrogen-bond acceptors (Lipinski definition) is 3. The number of hydrogen-bond donors (Lipinski definition) is 1. The van der Waals surface area contributed by atoms with Crippen molar-refractivity contribution in [3.63, 3.8) is 0 Å². The second-order valence-electron chi connectivity index (χ2n) is 4.64. The minimum Gasteiger partial charge on any atom is -0.388 e. The van der Waals surface area contributed by atoms with E-state index in [0.717, 1.165) is 25.7 Å². The summed E-state index contributed by atoms with van der Waals surface area (Å²) in [5.41, 5.74) is -0.552. The molecule has 3 heteroatoms. The zero-order valence-electron chi connectivity index (χ0n) is 9.11. The smallest absolute Gasteiger partial charge is 0.146 e. The largest absolute Gasteiger partial charge is 0.388 e. The lowest BCUT2D eigenvalue weighted by molar-refractivity contribution is -0.115. The van der Waals surface area contributed by atoms with Gasteiger partial charge in [-0.2, -0.15) is 0 Å². The summed E-state index contributed by atoms with van der Waals surface area (Å²) in [6.45, 7) is 1.62. The molecule has 1 fully saturated rings. The minimum absolute atomic E-state index is 0.0269. The van der Waals surface area contributed by atoms with E-state index >= 15 is 0 Å². The average molecular weight is 226 g/mol. The highest BCUT2D eigenvalue weighted by Gasteiger charge is 2.40. The van der Waals surface area contributed by atoms with Gasteiger partial charge in [0.1, 0.15) is 5.78 Å². The monoisotopic (exact) mass is 226 g/mol. The van der Waals surface area contributed by atoms with Crippen LogP contribution in [0.4, 0.5) is 0 Å². The average Bonchev–Trinajstić information content (AvgIpc) is 2.68. The molecule has 1 aliphatic carbocycles. The quantitative estimate of drug-likeness (QED) is 0.734. The molecule has 1 N–H and O–H groups in total. The van der Waals surface area contributed by atoms with Gasteiger partial charge < -0.3 is 5.11 Å². The molecule has 0 aromatic heterocycles. The molecule has 15 heavy (non-hydrogen) atoms. The van der Waals surface area contributed by atoms with Gasteiger partial charge in [-0.25, -0.2) is 0 Å². The normalized spacial score (nSPS) is 34.3. The first-order chi connectivity index (χ1) is 7.12. The molecule has 1 heterocycles. The van der Waals surface area contributed by atoms with Crippen LogP contribution in [0.3, 0.4) is 0 Å². The SMILES string of the molecule is CC(=O)C1C=CC(C2(O)CCCCC2)S1. The topological polar surface area (TPSA) is 37.3 Å². The van der Waals surface area contributed by atoms with E-state index < -0.39 is 5.60 Å². The Morgan fingerprint density at radius 1 is 1.33 bits per heavy atom. The summed E-state index contributed by atoms with van der Waals surface area (Å²) in [6.07, 6.45) is 9.23. The lowest BCUT2D eigenvalue weighted by Gasteiger charge is -2.36. The number of carbonyl (C=O) groups excluding carboxylic acids is 1. The number of rotatable bonds is 2. The molecule has 84 valence electrons.